The minimum absolute atomic E-state index is 0.148. The molecule has 0 bridgehead atoms. The first-order chi connectivity index (χ1) is 24.7. The highest BCUT2D eigenvalue weighted by molar-refractivity contribution is 7.99. The summed E-state index contributed by atoms with van der Waals surface area (Å²) in [6.07, 6.45) is 0. The Balaban J connectivity index is 1.04. The Morgan fingerprint density at radius 1 is 0.843 bits per heavy atom. The van der Waals surface area contributed by atoms with E-state index in [0.717, 1.165) is 49.4 Å². The molecule has 1 fully saturated rings. The number of carbonyl (C=O) groups excluding carboxylic acids is 1. The fourth-order valence-corrected chi connectivity index (χ4v) is 7.89. The first kappa shape index (κ1) is 35.6. The summed E-state index contributed by atoms with van der Waals surface area (Å²) in [4.78, 5) is 29.7. The SMILES string of the molecule is C[C@H](CSc1ccccc1)Nc1ccc(S(=O)(=O)NC(=O)c2ccc(N3CCN(Cc4ccccc4-c4ccccc4)CC3)cc2)cc1[N+](=O)[O-]. The van der Waals surface area contributed by atoms with Gasteiger partial charge in [0.15, 0.2) is 0 Å². The normalized spacial score (nSPS) is 14.1. The summed E-state index contributed by atoms with van der Waals surface area (Å²) < 4.78 is 28.4. The number of nitro groups is 1. The van der Waals surface area contributed by atoms with Crippen molar-refractivity contribution < 1.29 is 18.1 Å². The van der Waals surface area contributed by atoms with E-state index in [0.29, 0.717) is 5.75 Å². The Bertz CT molecular complexity index is 2070. The summed E-state index contributed by atoms with van der Waals surface area (Å²) in [5, 5.41) is 15.0. The predicted molar refractivity (Wildman–Crippen MR) is 204 cm³/mol. The van der Waals surface area contributed by atoms with Crippen molar-refractivity contribution in [3.63, 3.8) is 0 Å². The third-order valence-electron chi connectivity index (χ3n) is 8.71. The molecule has 1 atom stereocenters. The van der Waals surface area contributed by atoms with Crippen molar-refractivity contribution in [2.24, 2.45) is 0 Å². The largest absolute Gasteiger partial charge is 0.376 e. The van der Waals surface area contributed by atoms with Gasteiger partial charge in [-0.05, 0) is 72.1 Å². The Labute approximate surface area is 302 Å². The molecule has 262 valence electrons. The summed E-state index contributed by atoms with van der Waals surface area (Å²) in [5.74, 6) is -0.184. The lowest BCUT2D eigenvalue weighted by atomic mass is 9.99. The summed E-state index contributed by atoms with van der Waals surface area (Å²) in [7, 11) is -4.39. The molecule has 0 unspecified atom stereocenters. The molecule has 5 aromatic rings. The third kappa shape index (κ3) is 9.14. The van der Waals surface area contributed by atoms with Crippen molar-refractivity contribution in [1.82, 2.24) is 9.62 Å². The molecule has 1 saturated heterocycles. The van der Waals surface area contributed by atoms with Crippen molar-refractivity contribution >= 4 is 44.8 Å². The molecule has 0 spiro atoms. The number of rotatable bonds is 13. The van der Waals surface area contributed by atoms with E-state index < -0.39 is 26.5 Å². The maximum Gasteiger partial charge on any atom is 0.293 e. The number of sulfonamides is 1. The fourth-order valence-electron chi connectivity index (χ4n) is 6.02. The molecule has 0 aliphatic carbocycles. The van der Waals surface area contributed by atoms with Gasteiger partial charge in [0.25, 0.3) is 21.6 Å². The minimum atomic E-state index is -4.39. The van der Waals surface area contributed by atoms with Crippen LogP contribution in [0.3, 0.4) is 0 Å². The summed E-state index contributed by atoms with van der Waals surface area (Å²) in [5.41, 5.74) is 4.63. The Morgan fingerprint density at radius 3 is 2.18 bits per heavy atom. The van der Waals surface area contributed by atoms with E-state index in [2.05, 4.69) is 68.4 Å². The standard InChI is InChI=1S/C39H39N5O5S2/c1-29(28-50-34-13-6-3-7-14-34)40-37-21-20-35(26-38(37)44(46)47)51(48,49)41-39(45)31-16-18-33(19-17-31)43-24-22-42(23-25-43)27-32-12-8-9-15-36(32)30-10-4-2-5-11-30/h2-21,26,29,40H,22-25,27-28H2,1H3,(H,41,45)/t29-/m1/s1. The number of benzene rings is 5. The van der Waals surface area contributed by atoms with E-state index in [1.54, 1.807) is 23.9 Å². The number of thioether (sulfide) groups is 1. The first-order valence-electron chi connectivity index (χ1n) is 16.7. The van der Waals surface area contributed by atoms with Gasteiger partial charge in [-0.2, -0.15) is 0 Å². The molecule has 1 heterocycles. The number of amides is 1. The van der Waals surface area contributed by atoms with Gasteiger partial charge in [-0.15, -0.1) is 11.8 Å². The molecule has 0 aromatic heterocycles. The topological polar surface area (TPSA) is 125 Å². The van der Waals surface area contributed by atoms with Gasteiger partial charge in [-0.1, -0.05) is 72.8 Å². The predicted octanol–water partition coefficient (Wildman–Crippen LogP) is 7.30. The molecule has 10 nitrogen and oxygen atoms in total. The lowest BCUT2D eigenvalue weighted by Crippen LogP contribution is -2.46. The second-order valence-corrected chi connectivity index (χ2v) is 15.1. The molecule has 5 aromatic carbocycles. The van der Waals surface area contributed by atoms with E-state index in [9.17, 15) is 23.3 Å². The highest BCUT2D eigenvalue weighted by Gasteiger charge is 2.25. The molecule has 2 N–H and O–H groups in total. The smallest absolute Gasteiger partial charge is 0.293 e. The molecular formula is C39H39N5O5S2. The second-order valence-electron chi connectivity index (χ2n) is 12.4. The zero-order valence-corrected chi connectivity index (χ0v) is 29.8. The number of nitrogens with zero attached hydrogens (tertiary/aromatic N) is 3. The highest BCUT2D eigenvalue weighted by Crippen LogP contribution is 2.30. The van der Waals surface area contributed by atoms with Crippen molar-refractivity contribution in [1.29, 1.82) is 0 Å². The van der Waals surface area contributed by atoms with Crippen LogP contribution in [0.15, 0.2) is 137 Å². The van der Waals surface area contributed by atoms with Crippen molar-refractivity contribution in [2.75, 3.05) is 42.1 Å². The average Bonchev–Trinajstić information content (AvgIpc) is 3.15. The van der Waals surface area contributed by atoms with E-state index >= 15 is 0 Å². The van der Waals surface area contributed by atoms with Gasteiger partial charge in [0.2, 0.25) is 0 Å². The molecule has 0 saturated carbocycles. The number of carbonyl (C=O) groups is 1. The average molecular weight is 722 g/mol. The minimum Gasteiger partial charge on any atom is -0.376 e. The van der Waals surface area contributed by atoms with Crippen molar-refractivity contribution in [3.05, 3.63) is 149 Å². The van der Waals surface area contributed by atoms with E-state index in [-0.39, 0.29) is 22.2 Å². The van der Waals surface area contributed by atoms with Crippen LogP contribution in [0.1, 0.15) is 22.8 Å². The Hall–Kier alpha value is -5.17. The zero-order chi connectivity index (χ0) is 35.8. The zero-order valence-electron chi connectivity index (χ0n) is 28.1. The van der Waals surface area contributed by atoms with E-state index in [4.69, 9.17) is 0 Å². The van der Waals surface area contributed by atoms with E-state index in [1.807, 2.05) is 55.5 Å². The molecule has 12 heteroatoms. The molecule has 0 radical (unpaired) electrons. The van der Waals surface area contributed by atoms with Gasteiger partial charge in [0.1, 0.15) is 5.69 Å². The molecule has 1 aliphatic rings. The third-order valence-corrected chi connectivity index (χ3v) is 11.3. The maximum atomic E-state index is 13.2. The maximum absolute atomic E-state index is 13.2. The Morgan fingerprint density at radius 2 is 1.49 bits per heavy atom. The number of hydrogen-bond donors (Lipinski definition) is 2. The van der Waals surface area contributed by atoms with Crippen LogP contribution in [-0.4, -0.2) is 62.1 Å². The molecule has 1 amide bonds. The fraction of sp³-hybridized carbons (Fsp3) is 0.205. The molecule has 51 heavy (non-hydrogen) atoms. The number of nitrogens with one attached hydrogen (secondary N) is 2. The van der Waals surface area contributed by atoms with Crippen LogP contribution in [0, 0.1) is 10.1 Å². The van der Waals surface area contributed by atoms with Crippen LogP contribution >= 0.6 is 11.8 Å². The van der Waals surface area contributed by atoms with Gasteiger partial charge in [0, 0.05) is 66.7 Å². The lowest BCUT2D eigenvalue weighted by Gasteiger charge is -2.36. The summed E-state index contributed by atoms with van der Waals surface area (Å²) in [6.45, 7) is 6.10. The van der Waals surface area contributed by atoms with Crippen LogP contribution < -0.4 is 14.9 Å². The van der Waals surface area contributed by atoms with Crippen LogP contribution in [0.2, 0.25) is 0 Å². The van der Waals surface area contributed by atoms with Crippen LogP contribution in [-0.2, 0) is 16.6 Å². The van der Waals surface area contributed by atoms with Gasteiger partial charge in [-0.25, -0.2) is 13.1 Å². The van der Waals surface area contributed by atoms with Crippen molar-refractivity contribution in [3.8, 4) is 11.1 Å². The highest BCUT2D eigenvalue weighted by atomic mass is 32.2. The lowest BCUT2D eigenvalue weighted by molar-refractivity contribution is -0.384. The van der Waals surface area contributed by atoms with Crippen LogP contribution in [0.4, 0.5) is 17.1 Å². The molecule has 1 aliphatic heterocycles. The van der Waals surface area contributed by atoms with Crippen molar-refractivity contribution in [2.45, 2.75) is 29.3 Å². The second kappa shape index (κ2) is 16.2. The van der Waals surface area contributed by atoms with Gasteiger partial charge < -0.3 is 10.2 Å². The summed E-state index contributed by atoms with van der Waals surface area (Å²) in [6, 6.07) is 38.9. The monoisotopic (exact) mass is 721 g/mol. The van der Waals surface area contributed by atoms with Gasteiger partial charge >= 0.3 is 0 Å². The van der Waals surface area contributed by atoms with Gasteiger partial charge in [0.05, 0.1) is 9.82 Å². The summed E-state index contributed by atoms with van der Waals surface area (Å²) >= 11 is 1.60. The Kier molecular flexibility index (Phi) is 11.3. The number of hydrogen-bond acceptors (Lipinski definition) is 9. The van der Waals surface area contributed by atoms with Crippen LogP contribution in [0.25, 0.3) is 11.1 Å². The van der Waals surface area contributed by atoms with E-state index in [1.165, 1.54) is 28.8 Å². The quantitative estimate of drug-likeness (QED) is 0.0733. The molecular weight excluding hydrogens is 683 g/mol. The van der Waals surface area contributed by atoms with Crippen LogP contribution in [0.5, 0.6) is 0 Å². The number of nitro benzene ring substituents is 1. The number of anilines is 2. The first-order valence-corrected chi connectivity index (χ1v) is 19.1. The van der Waals surface area contributed by atoms with Gasteiger partial charge in [-0.3, -0.25) is 19.8 Å². The molecule has 6 rings (SSSR count). The number of piperazine rings is 1.